The number of rotatable bonds is 7. The van der Waals surface area contributed by atoms with Crippen molar-refractivity contribution in [2.45, 2.75) is 44.9 Å². The van der Waals surface area contributed by atoms with E-state index in [-0.39, 0.29) is 23.7 Å². The van der Waals surface area contributed by atoms with Crippen molar-refractivity contribution in [1.29, 1.82) is 0 Å². The van der Waals surface area contributed by atoms with Gasteiger partial charge in [0.05, 0.1) is 18.4 Å². The van der Waals surface area contributed by atoms with Crippen LogP contribution in [0.2, 0.25) is 0 Å². The summed E-state index contributed by atoms with van der Waals surface area (Å²) in [4.78, 5) is 14.3. The maximum atomic E-state index is 12.5. The Balaban J connectivity index is 2.15. The van der Waals surface area contributed by atoms with Crippen molar-refractivity contribution in [1.82, 2.24) is 19.8 Å². The first-order chi connectivity index (χ1) is 11.9. The lowest BCUT2D eigenvalue weighted by Crippen LogP contribution is -2.43. The molecule has 0 atom stereocenters. The van der Waals surface area contributed by atoms with E-state index in [2.05, 4.69) is 10.2 Å². The molecule has 0 unspecified atom stereocenters. The molecule has 7 nitrogen and oxygen atoms in total. The first kappa shape index (κ1) is 19.1. The van der Waals surface area contributed by atoms with Crippen LogP contribution in [0.4, 0.5) is 0 Å². The van der Waals surface area contributed by atoms with Gasteiger partial charge in [-0.2, -0.15) is 0 Å². The van der Waals surface area contributed by atoms with Gasteiger partial charge in [0, 0.05) is 12.1 Å². The summed E-state index contributed by atoms with van der Waals surface area (Å²) in [5.41, 5.74) is 0.754. The Kier molecular flexibility index (Phi) is 6.30. The van der Waals surface area contributed by atoms with Crippen LogP contribution in [-0.4, -0.2) is 50.6 Å². The van der Waals surface area contributed by atoms with Gasteiger partial charge in [0.15, 0.2) is 5.82 Å². The lowest BCUT2D eigenvalue weighted by Gasteiger charge is -2.30. The Hall–Kier alpha value is -2.22. The highest BCUT2D eigenvalue weighted by atomic mass is 32.2. The first-order valence-corrected chi connectivity index (χ1v) is 9.13. The second-order valence-corrected chi connectivity index (χ2v) is 7.10. The molecular weight excluding hydrogens is 338 g/mol. The van der Waals surface area contributed by atoms with Gasteiger partial charge in [-0.25, -0.2) is 4.68 Å². The Morgan fingerprint density at radius 1 is 1.24 bits per heavy atom. The minimum Gasteiger partial charge on any atom is -0.496 e. The van der Waals surface area contributed by atoms with Crippen LogP contribution >= 0.6 is 11.8 Å². The van der Waals surface area contributed by atoms with Crippen LogP contribution in [-0.2, 0) is 4.79 Å². The summed E-state index contributed by atoms with van der Waals surface area (Å²) in [6, 6.07) is 7.75. The molecule has 0 aliphatic carbocycles. The molecule has 0 radical (unpaired) electrons. The summed E-state index contributed by atoms with van der Waals surface area (Å²) < 4.78 is 6.74. The highest BCUT2D eigenvalue weighted by molar-refractivity contribution is 7.99. The van der Waals surface area contributed by atoms with Crippen LogP contribution in [0, 0.1) is 0 Å². The third-order valence-electron chi connectivity index (χ3n) is 3.74. The Morgan fingerprint density at radius 2 is 1.88 bits per heavy atom. The molecule has 25 heavy (non-hydrogen) atoms. The van der Waals surface area contributed by atoms with Crippen LogP contribution in [0.1, 0.15) is 27.7 Å². The number of carbonyl (C=O) groups is 1. The molecule has 0 saturated heterocycles. The standard InChI is InChI=1S/C17H25N5O2S/c1-11(2)21(12(3)4)15(23)10-25-17-20-19-16(22(17)18)13-8-6-7-9-14(13)24-5/h6-9,11-12H,10,18H2,1-5H3. The molecule has 0 saturated carbocycles. The van der Waals surface area contributed by atoms with Gasteiger partial charge in [0.1, 0.15) is 5.75 Å². The molecule has 0 bridgehead atoms. The number of para-hydroxylation sites is 1. The number of ether oxygens (including phenoxy) is 1. The van der Waals surface area contributed by atoms with Crippen molar-refractivity contribution in [3.05, 3.63) is 24.3 Å². The Morgan fingerprint density at radius 3 is 2.48 bits per heavy atom. The lowest BCUT2D eigenvalue weighted by molar-refractivity contribution is -0.131. The quantitative estimate of drug-likeness (QED) is 0.600. The fraction of sp³-hybridized carbons (Fsp3) is 0.471. The number of methoxy groups -OCH3 is 1. The topological polar surface area (TPSA) is 86.3 Å². The number of thioether (sulfide) groups is 1. The van der Waals surface area contributed by atoms with Gasteiger partial charge in [-0.1, -0.05) is 23.9 Å². The van der Waals surface area contributed by atoms with Crippen molar-refractivity contribution in [2.75, 3.05) is 18.7 Å². The summed E-state index contributed by atoms with van der Waals surface area (Å²) in [5.74, 6) is 7.61. The second-order valence-electron chi connectivity index (χ2n) is 6.15. The van der Waals surface area contributed by atoms with Crippen LogP contribution in [0.5, 0.6) is 5.75 Å². The molecule has 0 spiro atoms. The fourth-order valence-corrected chi connectivity index (χ4v) is 3.49. The summed E-state index contributed by atoms with van der Waals surface area (Å²) in [7, 11) is 1.59. The van der Waals surface area contributed by atoms with Gasteiger partial charge in [-0.15, -0.1) is 10.2 Å². The summed E-state index contributed by atoms with van der Waals surface area (Å²) in [5, 5.41) is 8.75. The van der Waals surface area contributed by atoms with Crippen LogP contribution in [0.3, 0.4) is 0 Å². The van der Waals surface area contributed by atoms with E-state index in [1.54, 1.807) is 7.11 Å². The predicted molar refractivity (Wildman–Crippen MR) is 100 cm³/mol. The van der Waals surface area contributed by atoms with Crippen molar-refractivity contribution in [3.8, 4) is 17.1 Å². The molecule has 1 aromatic heterocycles. The van der Waals surface area contributed by atoms with E-state index in [0.717, 1.165) is 5.56 Å². The highest BCUT2D eigenvalue weighted by Crippen LogP contribution is 2.29. The van der Waals surface area contributed by atoms with E-state index in [0.29, 0.717) is 16.7 Å². The number of nitrogens with zero attached hydrogens (tertiary/aromatic N) is 4. The number of nitrogen functional groups attached to an aromatic ring is 1. The molecular formula is C17H25N5O2S. The summed E-state index contributed by atoms with van der Waals surface area (Å²) >= 11 is 1.28. The molecule has 0 aliphatic heterocycles. The predicted octanol–water partition coefficient (Wildman–Crippen LogP) is 2.40. The smallest absolute Gasteiger partial charge is 0.233 e. The largest absolute Gasteiger partial charge is 0.496 e. The first-order valence-electron chi connectivity index (χ1n) is 8.14. The van der Waals surface area contributed by atoms with Gasteiger partial charge in [0.25, 0.3) is 0 Å². The average Bonchev–Trinajstić information content (AvgIpc) is 2.92. The van der Waals surface area contributed by atoms with E-state index in [9.17, 15) is 4.79 Å². The Bertz CT molecular complexity index is 722. The summed E-state index contributed by atoms with van der Waals surface area (Å²) in [6.45, 7) is 8.03. The van der Waals surface area contributed by atoms with E-state index in [1.165, 1.54) is 16.4 Å². The van der Waals surface area contributed by atoms with Gasteiger partial charge < -0.3 is 15.5 Å². The molecule has 1 amide bonds. The lowest BCUT2D eigenvalue weighted by atomic mass is 10.2. The van der Waals surface area contributed by atoms with Crippen LogP contribution in [0.25, 0.3) is 11.4 Å². The Labute approximate surface area is 152 Å². The van der Waals surface area contributed by atoms with Gasteiger partial charge in [-0.05, 0) is 39.8 Å². The second kappa shape index (κ2) is 8.24. The minimum atomic E-state index is 0.0526. The molecule has 0 aliphatic rings. The number of amides is 1. The number of benzene rings is 1. The summed E-state index contributed by atoms with van der Waals surface area (Å²) in [6.07, 6.45) is 0. The normalized spacial score (nSPS) is 11.2. The van der Waals surface area contributed by atoms with Crippen LogP contribution < -0.4 is 10.6 Å². The number of hydrogen-bond acceptors (Lipinski definition) is 6. The molecule has 2 aromatic rings. The van der Waals surface area contributed by atoms with Crippen molar-refractivity contribution in [3.63, 3.8) is 0 Å². The van der Waals surface area contributed by atoms with Gasteiger partial charge >= 0.3 is 0 Å². The minimum absolute atomic E-state index is 0.0526. The maximum Gasteiger partial charge on any atom is 0.233 e. The molecule has 1 heterocycles. The van der Waals surface area contributed by atoms with E-state index < -0.39 is 0 Å². The molecule has 2 N–H and O–H groups in total. The molecule has 8 heteroatoms. The number of aromatic nitrogens is 3. The zero-order chi connectivity index (χ0) is 18.6. The van der Waals surface area contributed by atoms with Gasteiger partial charge in [0.2, 0.25) is 11.1 Å². The monoisotopic (exact) mass is 363 g/mol. The zero-order valence-electron chi connectivity index (χ0n) is 15.3. The number of nitrogens with two attached hydrogens (primary N) is 1. The van der Waals surface area contributed by atoms with E-state index >= 15 is 0 Å². The van der Waals surface area contributed by atoms with Crippen LogP contribution in [0.15, 0.2) is 29.4 Å². The van der Waals surface area contributed by atoms with Crippen molar-refractivity contribution in [2.24, 2.45) is 0 Å². The fourth-order valence-electron chi connectivity index (χ4n) is 2.76. The number of hydrogen-bond donors (Lipinski definition) is 1. The molecule has 136 valence electrons. The van der Waals surface area contributed by atoms with Gasteiger partial charge in [-0.3, -0.25) is 4.79 Å². The third kappa shape index (κ3) is 4.25. The highest BCUT2D eigenvalue weighted by Gasteiger charge is 2.22. The zero-order valence-corrected chi connectivity index (χ0v) is 16.1. The van der Waals surface area contributed by atoms with E-state index in [1.807, 2.05) is 56.9 Å². The molecule has 2 rings (SSSR count). The number of carbonyl (C=O) groups excluding carboxylic acids is 1. The van der Waals surface area contributed by atoms with E-state index in [4.69, 9.17) is 10.6 Å². The maximum absolute atomic E-state index is 12.5. The third-order valence-corrected chi connectivity index (χ3v) is 4.67. The van der Waals surface area contributed by atoms with Crippen molar-refractivity contribution >= 4 is 17.7 Å². The SMILES string of the molecule is COc1ccccc1-c1nnc(SCC(=O)N(C(C)C)C(C)C)n1N. The van der Waals surface area contributed by atoms with Crippen molar-refractivity contribution < 1.29 is 9.53 Å². The molecule has 1 aromatic carbocycles. The average molecular weight is 363 g/mol. The molecule has 0 fully saturated rings.